The smallest absolute Gasteiger partial charge is 0.196 e. The molecule has 100 valence electrons. The molecular formula is C15H16O3S. The summed E-state index contributed by atoms with van der Waals surface area (Å²) in [5, 5.41) is 3.14. The standard InChI is InChI=1S/C15H16O3S/c1-17-15(6-8-18-9-7-15)14(16)12-4-2-3-11-5-10-19-13(11)12/h2-5,10H,6-9H2,1H3. The summed E-state index contributed by atoms with van der Waals surface area (Å²) in [5.41, 5.74) is 0.0625. The van der Waals surface area contributed by atoms with Crippen LogP contribution in [0.5, 0.6) is 0 Å². The van der Waals surface area contributed by atoms with E-state index in [1.807, 2.05) is 29.6 Å². The molecule has 0 radical (unpaired) electrons. The highest BCUT2D eigenvalue weighted by Gasteiger charge is 2.41. The van der Waals surface area contributed by atoms with E-state index in [1.54, 1.807) is 18.4 Å². The van der Waals surface area contributed by atoms with Crippen LogP contribution in [0.15, 0.2) is 29.6 Å². The van der Waals surface area contributed by atoms with Crippen molar-refractivity contribution in [2.75, 3.05) is 20.3 Å². The van der Waals surface area contributed by atoms with E-state index in [4.69, 9.17) is 9.47 Å². The van der Waals surface area contributed by atoms with Gasteiger partial charge < -0.3 is 9.47 Å². The number of methoxy groups -OCH3 is 1. The largest absolute Gasteiger partial charge is 0.381 e. The number of hydrogen-bond acceptors (Lipinski definition) is 4. The molecule has 0 saturated carbocycles. The highest BCUT2D eigenvalue weighted by molar-refractivity contribution is 7.17. The van der Waals surface area contributed by atoms with Crippen molar-refractivity contribution in [3.05, 3.63) is 35.2 Å². The monoisotopic (exact) mass is 276 g/mol. The first kappa shape index (κ1) is 12.8. The van der Waals surface area contributed by atoms with Crippen LogP contribution in [0.2, 0.25) is 0 Å². The summed E-state index contributed by atoms with van der Waals surface area (Å²) in [6, 6.07) is 7.91. The van der Waals surface area contributed by atoms with E-state index in [0.29, 0.717) is 26.1 Å². The van der Waals surface area contributed by atoms with Crippen molar-refractivity contribution in [3.63, 3.8) is 0 Å². The molecule has 1 aromatic carbocycles. The molecule has 1 saturated heterocycles. The summed E-state index contributed by atoms with van der Waals surface area (Å²) in [6.07, 6.45) is 1.26. The lowest BCUT2D eigenvalue weighted by Gasteiger charge is -2.34. The van der Waals surface area contributed by atoms with Crippen LogP contribution in [-0.4, -0.2) is 31.7 Å². The Hall–Kier alpha value is -1.23. The first-order valence-corrected chi connectivity index (χ1v) is 7.29. The number of ketones is 1. The second kappa shape index (κ2) is 5.04. The van der Waals surface area contributed by atoms with Gasteiger partial charge in [0, 0.05) is 43.4 Å². The maximum absolute atomic E-state index is 12.9. The zero-order chi connectivity index (χ0) is 13.3. The number of fused-ring (bicyclic) bond motifs is 1. The van der Waals surface area contributed by atoms with E-state index < -0.39 is 5.60 Å². The SMILES string of the molecule is COC1(C(=O)c2cccc3ccsc23)CCOCC1. The first-order valence-electron chi connectivity index (χ1n) is 6.41. The molecule has 0 N–H and O–H groups in total. The minimum absolute atomic E-state index is 0.0892. The molecule has 1 aliphatic rings. The molecule has 0 atom stereocenters. The molecule has 1 aromatic heterocycles. The normalized spacial score (nSPS) is 18.6. The number of ether oxygens (including phenoxy) is 2. The van der Waals surface area contributed by atoms with E-state index >= 15 is 0 Å². The van der Waals surface area contributed by atoms with Gasteiger partial charge in [0.05, 0.1) is 0 Å². The van der Waals surface area contributed by atoms with Crippen molar-refractivity contribution in [1.29, 1.82) is 0 Å². The van der Waals surface area contributed by atoms with Crippen molar-refractivity contribution in [1.82, 2.24) is 0 Å². The Morgan fingerprint density at radius 1 is 1.32 bits per heavy atom. The van der Waals surface area contributed by atoms with Crippen LogP contribution in [0.25, 0.3) is 10.1 Å². The molecule has 0 amide bonds. The molecule has 1 fully saturated rings. The van der Waals surface area contributed by atoms with Crippen LogP contribution in [0, 0.1) is 0 Å². The predicted octanol–water partition coefficient (Wildman–Crippen LogP) is 3.28. The minimum Gasteiger partial charge on any atom is -0.381 e. The van der Waals surface area contributed by atoms with Gasteiger partial charge in [-0.15, -0.1) is 11.3 Å². The van der Waals surface area contributed by atoms with Gasteiger partial charge in [-0.05, 0) is 22.9 Å². The van der Waals surface area contributed by atoms with Crippen molar-refractivity contribution < 1.29 is 14.3 Å². The summed E-state index contributed by atoms with van der Waals surface area (Å²) in [5.74, 6) is 0.0892. The van der Waals surface area contributed by atoms with Gasteiger partial charge in [0.2, 0.25) is 0 Å². The zero-order valence-corrected chi connectivity index (χ0v) is 11.7. The molecule has 4 heteroatoms. The lowest BCUT2D eigenvalue weighted by Crippen LogP contribution is -2.45. The molecular weight excluding hydrogens is 260 g/mol. The average molecular weight is 276 g/mol. The Bertz CT molecular complexity index is 596. The highest BCUT2D eigenvalue weighted by Crippen LogP contribution is 2.33. The average Bonchev–Trinajstić information content (AvgIpc) is 2.95. The molecule has 0 unspecified atom stereocenters. The van der Waals surface area contributed by atoms with E-state index in [-0.39, 0.29) is 5.78 Å². The molecule has 0 bridgehead atoms. The second-order valence-corrected chi connectivity index (χ2v) is 5.70. The topological polar surface area (TPSA) is 35.5 Å². The van der Waals surface area contributed by atoms with Crippen LogP contribution < -0.4 is 0 Å². The maximum Gasteiger partial charge on any atom is 0.196 e. The maximum atomic E-state index is 12.9. The number of thiophene rings is 1. The molecule has 2 heterocycles. The highest BCUT2D eigenvalue weighted by atomic mass is 32.1. The van der Waals surface area contributed by atoms with Crippen LogP contribution in [0.3, 0.4) is 0 Å². The number of rotatable bonds is 3. The van der Waals surface area contributed by atoms with Gasteiger partial charge >= 0.3 is 0 Å². The fourth-order valence-corrected chi connectivity index (χ4v) is 3.55. The predicted molar refractivity (Wildman–Crippen MR) is 75.9 cm³/mol. The van der Waals surface area contributed by atoms with Crippen molar-refractivity contribution >= 4 is 27.2 Å². The number of hydrogen-bond donors (Lipinski definition) is 0. The number of carbonyl (C=O) groups is 1. The lowest BCUT2D eigenvalue weighted by atomic mass is 9.85. The molecule has 0 aliphatic carbocycles. The van der Waals surface area contributed by atoms with E-state index in [1.165, 1.54) is 0 Å². The summed E-state index contributed by atoms with van der Waals surface area (Å²) >= 11 is 1.61. The Kier molecular flexibility index (Phi) is 3.39. The Balaban J connectivity index is 2.05. The molecule has 3 nitrogen and oxygen atoms in total. The molecule has 0 spiro atoms. The van der Waals surface area contributed by atoms with Crippen molar-refractivity contribution in [2.45, 2.75) is 18.4 Å². The first-order chi connectivity index (χ1) is 9.27. The fourth-order valence-electron chi connectivity index (χ4n) is 2.64. The second-order valence-electron chi connectivity index (χ2n) is 4.78. The molecule has 19 heavy (non-hydrogen) atoms. The molecule has 2 aromatic rings. The quantitative estimate of drug-likeness (QED) is 0.807. The number of benzene rings is 1. The van der Waals surface area contributed by atoms with Gasteiger partial charge in [-0.1, -0.05) is 12.1 Å². The third-order valence-corrected chi connectivity index (χ3v) is 4.79. The van der Waals surface area contributed by atoms with Gasteiger partial charge in [-0.2, -0.15) is 0 Å². The van der Waals surface area contributed by atoms with E-state index in [9.17, 15) is 4.79 Å². The van der Waals surface area contributed by atoms with Gasteiger partial charge in [0.1, 0.15) is 5.60 Å². The Morgan fingerprint density at radius 2 is 2.11 bits per heavy atom. The summed E-state index contributed by atoms with van der Waals surface area (Å²) < 4.78 is 12.0. The van der Waals surface area contributed by atoms with E-state index in [2.05, 4.69) is 0 Å². The lowest BCUT2D eigenvalue weighted by molar-refractivity contribution is -0.0662. The Morgan fingerprint density at radius 3 is 2.84 bits per heavy atom. The summed E-state index contributed by atoms with van der Waals surface area (Å²) in [7, 11) is 1.62. The molecule has 1 aliphatic heterocycles. The number of carbonyl (C=O) groups excluding carboxylic acids is 1. The Labute approximate surface area is 116 Å². The van der Waals surface area contributed by atoms with Crippen LogP contribution in [0.4, 0.5) is 0 Å². The zero-order valence-electron chi connectivity index (χ0n) is 10.8. The summed E-state index contributed by atoms with van der Waals surface area (Å²) in [4.78, 5) is 12.9. The van der Waals surface area contributed by atoms with Crippen molar-refractivity contribution in [3.8, 4) is 0 Å². The third-order valence-electron chi connectivity index (χ3n) is 3.83. The van der Waals surface area contributed by atoms with Gasteiger partial charge in [0.25, 0.3) is 0 Å². The fraction of sp³-hybridized carbons (Fsp3) is 0.400. The van der Waals surface area contributed by atoms with Crippen LogP contribution in [0.1, 0.15) is 23.2 Å². The van der Waals surface area contributed by atoms with Gasteiger partial charge in [-0.25, -0.2) is 0 Å². The minimum atomic E-state index is -0.712. The summed E-state index contributed by atoms with van der Waals surface area (Å²) in [6.45, 7) is 1.17. The van der Waals surface area contributed by atoms with Crippen LogP contribution >= 0.6 is 11.3 Å². The van der Waals surface area contributed by atoms with Gasteiger partial charge in [0.15, 0.2) is 5.78 Å². The van der Waals surface area contributed by atoms with Crippen LogP contribution in [-0.2, 0) is 9.47 Å². The van der Waals surface area contributed by atoms with E-state index in [0.717, 1.165) is 15.6 Å². The third kappa shape index (κ3) is 2.10. The molecule has 3 rings (SSSR count). The number of Topliss-reactive ketones (excluding diaryl/α,β-unsaturated/α-hetero) is 1. The van der Waals surface area contributed by atoms with Gasteiger partial charge in [-0.3, -0.25) is 4.79 Å². The van der Waals surface area contributed by atoms with Crippen molar-refractivity contribution in [2.24, 2.45) is 0 Å².